The number of benzene rings is 1. The van der Waals surface area contributed by atoms with Gasteiger partial charge in [0.2, 0.25) is 18.2 Å². The number of carbonyl (C=O) groups is 1. The summed E-state index contributed by atoms with van der Waals surface area (Å²) in [6, 6.07) is 5.94. The minimum atomic E-state index is -3.96. The van der Waals surface area contributed by atoms with Gasteiger partial charge in [-0.05, 0) is 31.0 Å². The molecule has 0 saturated carbocycles. The summed E-state index contributed by atoms with van der Waals surface area (Å²) >= 11 is 0. The molecular weight excluding hydrogens is 322 g/mol. The SMILES string of the molecule is O=C(C[C@H]1CCCO1)NS(=O)(=O)c1cccc(-c2nnco2)c1. The Hall–Kier alpha value is -2.26. The van der Waals surface area contributed by atoms with Crippen molar-refractivity contribution in [2.24, 2.45) is 0 Å². The Bertz CT molecular complexity index is 783. The van der Waals surface area contributed by atoms with Crippen LogP contribution in [-0.2, 0) is 19.6 Å². The van der Waals surface area contributed by atoms with Crippen LogP contribution < -0.4 is 4.72 Å². The maximum Gasteiger partial charge on any atom is 0.264 e. The molecule has 0 bridgehead atoms. The van der Waals surface area contributed by atoms with Gasteiger partial charge >= 0.3 is 0 Å². The Morgan fingerprint density at radius 2 is 2.26 bits per heavy atom. The largest absolute Gasteiger partial charge is 0.423 e. The van der Waals surface area contributed by atoms with E-state index < -0.39 is 15.9 Å². The zero-order valence-corrected chi connectivity index (χ0v) is 13.0. The molecule has 1 atom stereocenters. The summed E-state index contributed by atoms with van der Waals surface area (Å²) in [6.45, 7) is 0.608. The second-order valence-corrected chi connectivity index (χ2v) is 6.82. The Morgan fingerprint density at radius 3 is 2.96 bits per heavy atom. The van der Waals surface area contributed by atoms with E-state index in [9.17, 15) is 13.2 Å². The van der Waals surface area contributed by atoms with Gasteiger partial charge in [0.15, 0.2) is 0 Å². The molecule has 1 saturated heterocycles. The number of aromatic nitrogens is 2. The lowest BCUT2D eigenvalue weighted by molar-refractivity contribution is -0.121. The summed E-state index contributed by atoms with van der Waals surface area (Å²) < 4.78 is 37.0. The number of amides is 1. The van der Waals surface area contributed by atoms with E-state index in [4.69, 9.17) is 9.15 Å². The van der Waals surface area contributed by atoms with Gasteiger partial charge in [-0.25, -0.2) is 13.1 Å². The average Bonchev–Trinajstić information content (AvgIpc) is 3.20. The summed E-state index contributed by atoms with van der Waals surface area (Å²) in [5.41, 5.74) is 0.456. The third kappa shape index (κ3) is 3.74. The summed E-state index contributed by atoms with van der Waals surface area (Å²) in [7, 11) is -3.96. The Balaban J connectivity index is 1.74. The van der Waals surface area contributed by atoms with Crippen molar-refractivity contribution in [1.29, 1.82) is 0 Å². The molecule has 1 aliphatic rings. The van der Waals surface area contributed by atoms with Crippen LogP contribution in [0, 0.1) is 0 Å². The van der Waals surface area contributed by atoms with Gasteiger partial charge in [0, 0.05) is 12.2 Å². The van der Waals surface area contributed by atoms with Crippen LogP contribution in [0.3, 0.4) is 0 Å². The summed E-state index contributed by atoms with van der Waals surface area (Å²) in [4.78, 5) is 11.8. The molecule has 122 valence electrons. The molecule has 1 aromatic heterocycles. The van der Waals surface area contributed by atoms with Crippen molar-refractivity contribution < 1.29 is 22.4 Å². The Labute approximate surface area is 132 Å². The second-order valence-electron chi connectivity index (χ2n) is 5.14. The molecule has 0 unspecified atom stereocenters. The third-order valence-corrected chi connectivity index (χ3v) is 4.81. The molecule has 3 rings (SSSR count). The fraction of sp³-hybridized carbons (Fsp3) is 0.357. The van der Waals surface area contributed by atoms with Crippen LogP contribution in [0.25, 0.3) is 11.5 Å². The molecule has 1 amide bonds. The summed E-state index contributed by atoms with van der Waals surface area (Å²) in [5, 5.41) is 7.27. The zero-order chi connectivity index (χ0) is 16.3. The zero-order valence-electron chi connectivity index (χ0n) is 12.1. The van der Waals surface area contributed by atoms with Gasteiger partial charge < -0.3 is 9.15 Å². The summed E-state index contributed by atoms with van der Waals surface area (Å²) in [5.74, 6) is -0.382. The van der Waals surface area contributed by atoms with Crippen LogP contribution in [0.15, 0.2) is 40.0 Å². The number of hydrogen-bond donors (Lipinski definition) is 1. The van der Waals surface area contributed by atoms with Gasteiger partial charge in [-0.2, -0.15) is 0 Å². The molecule has 1 aliphatic heterocycles. The van der Waals surface area contributed by atoms with Gasteiger partial charge in [-0.15, -0.1) is 10.2 Å². The number of nitrogens with zero attached hydrogens (tertiary/aromatic N) is 2. The monoisotopic (exact) mass is 337 g/mol. The standard InChI is InChI=1S/C14H15N3O5S/c18-13(8-11-4-2-6-21-11)17-23(19,20)12-5-1-3-10(7-12)14-16-15-9-22-14/h1,3,5,7,9,11H,2,4,6,8H2,(H,17,18)/t11-/m1/s1. The molecule has 23 heavy (non-hydrogen) atoms. The number of rotatable bonds is 5. The fourth-order valence-electron chi connectivity index (χ4n) is 2.36. The van der Waals surface area contributed by atoms with E-state index in [2.05, 4.69) is 14.9 Å². The van der Waals surface area contributed by atoms with Crippen LogP contribution in [0.1, 0.15) is 19.3 Å². The third-order valence-electron chi connectivity index (χ3n) is 3.44. The molecule has 1 fully saturated rings. The van der Waals surface area contributed by atoms with Gasteiger partial charge in [0.05, 0.1) is 17.4 Å². The maximum absolute atomic E-state index is 12.3. The van der Waals surface area contributed by atoms with Crippen molar-refractivity contribution in [3.05, 3.63) is 30.7 Å². The maximum atomic E-state index is 12.3. The molecule has 1 N–H and O–H groups in total. The topological polar surface area (TPSA) is 111 Å². The van der Waals surface area contributed by atoms with Gasteiger partial charge in [-0.3, -0.25) is 4.79 Å². The van der Waals surface area contributed by atoms with E-state index in [1.54, 1.807) is 12.1 Å². The van der Waals surface area contributed by atoms with E-state index in [1.165, 1.54) is 12.1 Å². The quantitative estimate of drug-likeness (QED) is 0.870. The molecular formula is C14H15N3O5S. The van der Waals surface area contributed by atoms with Gasteiger partial charge in [-0.1, -0.05) is 6.07 Å². The molecule has 1 aromatic carbocycles. The lowest BCUT2D eigenvalue weighted by atomic mass is 10.2. The van der Waals surface area contributed by atoms with E-state index in [-0.39, 0.29) is 23.3 Å². The Kier molecular flexibility index (Phi) is 4.39. The van der Waals surface area contributed by atoms with Crippen molar-refractivity contribution >= 4 is 15.9 Å². The number of sulfonamides is 1. The lowest BCUT2D eigenvalue weighted by Gasteiger charge is -2.10. The minimum absolute atomic E-state index is 0.0303. The van der Waals surface area contributed by atoms with Crippen molar-refractivity contribution in [3.63, 3.8) is 0 Å². The number of hydrogen-bond acceptors (Lipinski definition) is 7. The van der Waals surface area contributed by atoms with E-state index in [0.717, 1.165) is 19.2 Å². The van der Waals surface area contributed by atoms with Gasteiger partial charge in [0.1, 0.15) is 0 Å². The Morgan fingerprint density at radius 1 is 1.39 bits per heavy atom. The average molecular weight is 337 g/mol. The molecule has 8 nitrogen and oxygen atoms in total. The second kappa shape index (κ2) is 6.47. The molecule has 9 heteroatoms. The first-order valence-corrected chi connectivity index (χ1v) is 8.57. The molecule has 0 spiro atoms. The van der Waals surface area contributed by atoms with Gasteiger partial charge in [0.25, 0.3) is 10.0 Å². The highest BCUT2D eigenvalue weighted by molar-refractivity contribution is 7.90. The predicted molar refractivity (Wildman–Crippen MR) is 78.7 cm³/mol. The van der Waals surface area contributed by atoms with Crippen molar-refractivity contribution in [1.82, 2.24) is 14.9 Å². The minimum Gasteiger partial charge on any atom is -0.423 e. The lowest BCUT2D eigenvalue weighted by Crippen LogP contribution is -2.32. The normalized spacial score (nSPS) is 18.0. The van der Waals surface area contributed by atoms with Crippen molar-refractivity contribution in [3.8, 4) is 11.5 Å². The van der Waals surface area contributed by atoms with Crippen LogP contribution in [0.4, 0.5) is 0 Å². The van der Waals surface area contributed by atoms with E-state index in [0.29, 0.717) is 12.2 Å². The van der Waals surface area contributed by atoms with Crippen molar-refractivity contribution in [2.45, 2.75) is 30.3 Å². The first kappa shape index (κ1) is 15.6. The smallest absolute Gasteiger partial charge is 0.264 e. The number of carbonyl (C=O) groups excluding carboxylic acids is 1. The molecule has 2 aromatic rings. The number of nitrogens with one attached hydrogen (secondary N) is 1. The first-order valence-electron chi connectivity index (χ1n) is 7.08. The highest BCUT2D eigenvalue weighted by atomic mass is 32.2. The van der Waals surface area contributed by atoms with Crippen LogP contribution in [-0.4, -0.2) is 37.2 Å². The van der Waals surface area contributed by atoms with Crippen LogP contribution in [0.2, 0.25) is 0 Å². The van der Waals surface area contributed by atoms with E-state index in [1.807, 2.05) is 0 Å². The molecule has 2 heterocycles. The number of ether oxygens (including phenoxy) is 1. The fourth-order valence-corrected chi connectivity index (χ4v) is 3.40. The van der Waals surface area contributed by atoms with Crippen LogP contribution in [0.5, 0.6) is 0 Å². The molecule has 0 radical (unpaired) electrons. The van der Waals surface area contributed by atoms with Crippen LogP contribution >= 0.6 is 0 Å². The highest BCUT2D eigenvalue weighted by Gasteiger charge is 2.23. The van der Waals surface area contributed by atoms with E-state index >= 15 is 0 Å². The van der Waals surface area contributed by atoms with Crippen molar-refractivity contribution in [2.75, 3.05) is 6.61 Å². The first-order chi connectivity index (χ1) is 11.0. The summed E-state index contributed by atoms with van der Waals surface area (Å²) in [6.07, 6.45) is 2.62. The predicted octanol–water partition coefficient (Wildman–Crippen LogP) is 1.11. The highest BCUT2D eigenvalue weighted by Crippen LogP contribution is 2.20. The molecule has 0 aliphatic carbocycles.